The van der Waals surface area contributed by atoms with Crippen LogP contribution < -0.4 is 10.1 Å². The minimum Gasteiger partial charge on any atom is -0.478 e. The van der Waals surface area contributed by atoms with E-state index in [1.807, 2.05) is 30.5 Å². The predicted molar refractivity (Wildman–Crippen MR) is 78.5 cm³/mol. The van der Waals surface area contributed by atoms with Gasteiger partial charge in [-0.05, 0) is 24.5 Å². The van der Waals surface area contributed by atoms with Crippen LogP contribution in [0.1, 0.15) is 16.9 Å². The molecule has 0 bridgehead atoms. The Bertz CT molecular complexity index is 616. The lowest BCUT2D eigenvalue weighted by atomic mass is 10.3. The Morgan fingerprint density at radius 2 is 2.35 bits per heavy atom. The van der Waals surface area contributed by atoms with Gasteiger partial charge in [-0.25, -0.2) is 4.68 Å². The van der Waals surface area contributed by atoms with Gasteiger partial charge in [-0.2, -0.15) is 5.10 Å². The number of hydrogen-bond donors (Lipinski definition) is 1. The highest BCUT2D eigenvalue weighted by Gasteiger charge is 2.17. The van der Waals surface area contributed by atoms with Crippen LogP contribution >= 0.6 is 11.8 Å². The van der Waals surface area contributed by atoms with Gasteiger partial charge in [0.25, 0.3) is 5.91 Å². The molecule has 1 aliphatic rings. The quantitative estimate of drug-likeness (QED) is 0.883. The highest BCUT2D eigenvalue weighted by molar-refractivity contribution is 7.98. The van der Waals surface area contributed by atoms with E-state index in [1.54, 1.807) is 22.5 Å². The summed E-state index contributed by atoms with van der Waals surface area (Å²) in [4.78, 5) is 13.3. The van der Waals surface area contributed by atoms with Gasteiger partial charge < -0.3 is 10.1 Å². The van der Waals surface area contributed by atoms with Crippen molar-refractivity contribution in [1.29, 1.82) is 0 Å². The van der Waals surface area contributed by atoms with Gasteiger partial charge in [0.15, 0.2) is 5.69 Å². The van der Waals surface area contributed by atoms with Gasteiger partial charge >= 0.3 is 0 Å². The zero-order chi connectivity index (χ0) is 13.9. The van der Waals surface area contributed by atoms with E-state index in [2.05, 4.69) is 10.4 Å². The van der Waals surface area contributed by atoms with Crippen molar-refractivity contribution in [2.24, 2.45) is 0 Å². The van der Waals surface area contributed by atoms with E-state index in [0.29, 0.717) is 18.2 Å². The first-order chi connectivity index (χ1) is 9.76. The molecule has 1 aliphatic heterocycles. The molecule has 0 radical (unpaired) electrons. The van der Waals surface area contributed by atoms with Gasteiger partial charge in [0.2, 0.25) is 5.88 Å². The molecule has 1 N–H and O–H groups in total. The number of carbonyl (C=O) groups excluding carboxylic acids is 1. The molecule has 3 rings (SSSR count). The number of ether oxygens (including phenoxy) is 1. The smallest absolute Gasteiger partial charge is 0.276 e. The Morgan fingerprint density at radius 1 is 1.45 bits per heavy atom. The van der Waals surface area contributed by atoms with Crippen LogP contribution in [0.3, 0.4) is 0 Å². The van der Waals surface area contributed by atoms with Crippen LogP contribution in [0.15, 0.2) is 35.2 Å². The molecule has 1 aromatic heterocycles. The number of aryl methyl sites for hydroxylation is 1. The van der Waals surface area contributed by atoms with Gasteiger partial charge in [0.1, 0.15) is 0 Å². The van der Waals surface area contributed by atoms with Crippen molar-refractivity contribution in [3.05, 3.63) is 36.0 Å². The second kappa shape index (κ2) is 5.58. The largest absolute Gasteiger partial charge is 0.478 e. The lowest BCUT2D eigenvalue weighted by Gasteiger charge is -2.13. The molecule has 0 aliphatic carbocycles. The molecule has 2 heterocycles. The van der Waals surface area contributed by atoms with Gasteiger partial charge in [-0.3, -0.25) is 4.79 Å². The highest BCUT2D eigenvalue weighted by atomic mass is 32.2. The van der Waals surface area contributed by atoms with Crippen molar-refractivity contribution >= 4 is 23.4 Å². The number of benzene rings is 1. The number of thioether (sulfide) groups is 1. The zero-order valence-electron chi connectivity index (χ0n) is 11.1. The minimum atomic E-state index is -0.214. The summed E-state index contributed by atoms with van der Waals surface area (Å²) in [6, 6.07) is 9.42. The van der Waals surface area contributed by atoms with Gasteiger partial charge in [-0.15, -0.1) is 11.8 Å². The molecule has 1 aromatic carbocycles. The zero-order valence-corrected chi connectivity index (χ0v) is 11.9. The van der Waals surface area contributed by atoms with E-state index in [0.717, 1.165) is 23.5 Å². The summed E-state index contributed by atoms with van der Waals surface area (Å²) < 4.78 is 7.19. The third-order valence-electron chi connectivity index (χ3n) is 3.07. The first-order valence-corrected chi connectivity index (χ1v) is 7.65. The molecule has 104 valence electrons. The summed E-state index contributed by atoms with van der Waals surface area (Å²) in [6.45, 7) is 1.48. The van der Waals surface area contributed by atoms with E-state index in [-0.39, 0.29) is 5.91 Å². The SMILES string of the molecule is CSc1cccc(NC(=O)c2cc3n(n2)CCCO3)c1. The Balaban J connectivity index is 1.77. The maximum atomic E-state index is 12.2. The molecule has 0 unspecified atom stereocenters. The van der Waals surface area contributed by atoms with Crippen molar-refractivity contribution in [1.82, 2.24) is 9.78 Å². The minimum absolute atomic E-state index is 0.214. The maximum absolute atomic E-state index is 12.2. The molecule has 20 heavy (non-hydrogen) atoms. The predicted octanol–water partition coefficient (Wildman–Crippen LogP) is 2.64. The summed E-state index contributed by atoms with van der Waals surface area (Å²) >= 11 is 1.64. The summed E-state index contributed by atoms with van der Waals surface area (Å²) in [5, 5.41) is 7.12. The van der Waals surface area contributed by atoms with Crippen LogP contribution in [-0.2, 0) is 6.54 Å². The van der Waals surface area contributed by atoms with Crippen molar-refractivity contribution in [3.8, 4) is 5.88 Å². The number of amides is 1. The van der Waals surface area contributed by atoms with E-state index < -0.39 is 0 Å². The molecule has 5 nitrogen and oxygen atoms in total. The highest BCUT2D eigenvalue weighted by Crippen LogP contribution is 2.21. The van der Waals surface area contributed by atoms with Crippen LogP contribution in [0, 0.1) is 0 Å². The maximum Gasteiger partial charge on any atom is 0.276 e. The van der Waals surface area contributed by atoms with Crippen LogP contribution in [0.2, 0.25) is 0 Å². The summed E-state index contributed by atoms with van der Waals surface area (Å²) in [5.41, 5.74) is 1.16. The van der Waals surface area contributed by atoms with Gasteiger partial charge in [0.05, 0.1) is 6.61 Å². The molecule has 6 heteroatoms. The van der Waals surface area contributed by atoms with E-state index >= 15 is 0 Å². The standard InChI is InChI=1S/C14H15N3O2S/c1-20-11-5-2-4-10(8-11)15-14(18)12-9-13-17(16-12)6-3-7-19-13/h2,4-5,8-9H,3,6-7H2,1H3,(H,15,18). The summed E-state index contributed by atoms with van der Waals surface area (Å²) in [6.07, 6.45) is 2.92. The van der Waals surface area contributed by atoms with Crippen LogP contribution in [0.25, 0.3) is 0 Å². The first-order valence-electron chi connectivity index (χ1n) is 6.42. The number of nitrogens with zero attached hydrogens (tertiary/aromatic N) is 2. The fourth-order valence-corrected chi connectivity index (χ4v) is 2.53. The molecule has 0 spiro atoms. The molecular weight excluding hydrogens is 274 g/mol. The Morgan fingerprint density at radius 3 is 3.15 bits per heavy atom. The van der Waals surface area contributed by atoms with Crippen LogP contribution in [0.4, 0.5) is 5.69 Å². The van der Waals surface area contributed by atoms with E-state index in [4.69, 9.17) is 4.74 Å². The van der Waals surface area contributed by atoms with Crippen LogP contribution in [-0.4, -0.2) is 28.6 Å². The second-order valence-electron chi connectivity index (χ2n) is 4.48. The normalized spacial score (nSPS) is 13.4. The number of rotatable bonds is 3. The second-order valence-corrected chi connectivity index (χ2v) is 5.36. The Hall–Kier alpha value is -1.95. The van der Waals surface area contributed by atoms with Crippen molar-refractivity contribution in [3.63, 3.8) is 0 Å². The van der Waals surface area contributed by atoms with E-state index in [1.165, 1.54) is 0 Å². The molecular formula is C14H15N3O2S. The number of hydrogen-bond acceptors (Lipinski definition) is 4. The third-order valence-corrected chi connectivity index (χ3v) is 3.79. The average Bonchev–Trinajstić information content (AvgIpc) is 2.91. The number of anilines is 1. The summed E-state index contributed by atoms with van der Waals surface area (Å²) in [7, 11) is 0. The van der Waals surface area contributed by atoms with Crippen LogP contribution in [0.5, 0.6) is 5.88 Å². The van der Waals surface area contributed by atoms with Crippen molar-refractivity contribution in [2.45, 2.75) is 17.9 Å². The molecule has 1 amide bonds. The average molecular weight is 289 g/mol. The number of fused-ring (bicyclic) bond motifs is 1. The van der Waals surface area contributed by atoms with E-state index in [9.17, 15) is 4.79 Å². The summed E-state index contributed by atoms with van der Waals surface area (Å²) in [5.74, 6) is 0.452. The molecule has 0 atom stereocenters. The molecule has 2 aromatic rings. The molecule has 0 saturated carbocycles. The number of nitrogens with one attached hydrogen (secondary N) is 1. The fourth-order valence-electron chi connectivity index (χ4n) is 2.07. The van der Waals surface area contributed by atoms with Crippen molar-refractivity contribution in [2.75, 3.05) is 18.2 Å². The Kier molecular flexibility index (Phi) is 3.64. The lowest BCUT2D eigenvalue weighted by molar-refractivity contribution is 0.102. The number of carbonyl (C=O) groups is 1. The topological polar surface area (TPSA) is 56.2 Å². The van der Waals surface area contributed by atoms with Gasteiger partial charge in [-0.1, -0.05) is 6.07 Å². The molecule has 0 saturated heterocycles. The third kappa shape index (κ3) is 2.65. The molecule has 0 fully saturated rings. The lowest BCUT2D eigenvalue weighted by Crippen LogP contribution is -2.16. The van der Waals surface area contributed by atoms with Crippen molar-refractivity contribution < 1.29 is 9.53 Å². The first kappa shape index (κ1) is 13.1. The monoisotopic (exact) mass is 289 g/mol. The van der Waals surface area contributed by atoms with Gasteiger partial charge in [0, 0.05) is 29.6 Å². The fraction of sp³-hybridized carbons (Fsp3) is 0.286. The Labute approximate surface area is 121 Å². The number of aromatic nitrogens is 2.